The van der Waals surface area contributed by atoms with E-state index in [0.29, 0.717) is 13.2 Å². The van der Waals surface area contributed by atoms with Crippen molar-refractivity contribution in [1.29, 1.82) is 0 Å². The molecule has 0 radical (unpaired) electrons. The van der Waals surface area contributed by atoms with Gasteiger partial charge in [0, 0.05) is 11.4 Å². The quantitative estimate of drug-likeness (QED) is 0.536. The van der Waals surface area contributed by atoms with Crippen LogP contribution in [0.15, 0.2) is 78.9 Å². The molecular weight excluding hydrogens is 352 g/mol. The summed E-state index contributed by atoms with van der Waals surface area (Å²) >= 11 is 0. The van der Waals surface area contributed by atoms with Gasteiger partial charge in [-0.15, -0.1) is 0 Å². The third kappa shape index (κ3) is 5.77. The van der Waals surface area contributed by atoms with E-state index in [0.717, 1.165) is 28.6 Å². The Morgan fingerprint density at radius 2 is 1.50 bits per heavy atom. The van der Waals surface area contributed by atoms with E-state index >= 15 is 0 Å². The van der Waals surface area contributed by atoms with Gasteiger partial charge in [-0.05, 0) is 55.5 Å². The van der Waals surface area contributed by atoms with Gasteiger partial charge in [-0.3, -0.25) is 4.79 Å². The van der Waals surface area contributed by atoms with Crippen LogP contribution in [0.25, 0.3) is 0 Å². The molecule has 0 bridgehead atoms. The van der Waals surface area contributed by atoms with E-state index in [-0.39, 0.29) is 12.3 Å². The Bertz CT molecular complexity index is 880. The van der Waals surface area contributed by atoms with Crippen molar-refractivity contribution in [3.63, 3.8) is 0 Å². The smallest absolute Gasteiger partial charge is 0.227 e. The first kappa shape index (κ1) is 19.3. The number of benzene rings is 3. The second-order valence-electron chi connectivity index (χ2n) is 6.09. The van der Waals surface area contributed by atoms with Crippen LogP contribution >= 0.6 is 0 Å². The van der Waals surface area contributed by atoms with Crippen molar-refractivity contribution in [1.82, 2.24) is 0 Å². The standard InChI is InChI=1S/C23H24N2O3/c1-2-27-22-11-7-6-10-21(22)24-18-12-14-19(15-13-18)25-23(26)16-17-28-20-8-4-3-5-9-20/h3-15,24H,2,16-17H2,1H3,(H,25,26). The van der Waals surface area contributed by atoms with Crippen molar-refractivity contribution in [2.24, 2.45) is 0 Å². The van der Waals surface area contributed by atoms with E-state index in [2.05, 4.69) is 10.6 Å². The van der Waals surface area contributed by atoms with Gasteiger partial charge in [-0.1, -0.05) is 30.3 Å². The Balaban J connectivity index is 1.49. The Morgan fingerprint density at radius 1 is 0.821 bits per heavy atom. The lowest BCUT2D eigenvalue weighted by Gasteiger charge is -2.13. The van der Waals surface area contributed by atoms with Crippen molar-refractivity contribution in [3.05, 3.63) is 78.9 Å². The lowest BCUT2D eigenvalue weighted by molar-refractivity contribution is -0.116. The van der Waals surface area contributed by atoms with Crippen LogP contribution in [0.1, 0.15) is 13.3 Å². The van der Waals surface area contributed by atoms with Crippen LogP contribution in [-0.2, 0) is 4.79 Å². The lowest BCUT2D eigenvalue weighted by Crippen LogP contribution is -2.15. The Morgan fingerprint density at radius 3 is 2.25 bits per heavy atom. The summed E-state index contributed by atoms with van der Waals surface area (Å²) in [5, 5.41) is 6.21. The normalized spacial score (nSPS) is 10.2. The number of carbonyl (C=O) groups excluding carboxylic acids is 1. The molecule has 0 saturated carbocycles. The number of carbonyl (C=O) groups is 1. The van der Waals surface area contributed by atoms with Crippen LogP contribution < -0.4 is 20.1 Å². The van der Waals surface area contributed by atoms with Crippen molar-refractivity contribution >= 4 is 23.0 Å². The molecule has 0 saturated heterocycles. The molecule has 0 atom stereocenters. The zero-order valence-corrected chi connectivity index (χ0v) is 15.9. The minimum absolute atomic E-state index is 0.0849. The highest BCUT2D eigenvalue weighted by Gasteiger charge is 2.05. The fraction of sp³-hybridized carbons (Fsp3) is 0.174. The molecule has 3 aromatic rings. The topological polar surface area (TPSA) is 59.6 Å². The fourth-order valence-corrected chi connectivity index (χ4v) is 2.65. The zero-order chi connectivity index (χ0) is 19.6. The second-order valence-corrected chi connectivity index (χ2v) is 6.09. The van der Waals surface area contributed by atoms with Crippen LogP contribution in [0.2, 0.25) is 0 Å². The van der Waals surface area contributed by atoms with E-state index in [9.17, 15) is 4.79 Å². The van der Waals surface area contributed by atoms with Crippen LogP contribution in [0.4, 0.5) is 17.1 Å². The fourth-order valence-electron chi connectivity index (χ4n) is 2.65. The maximum atomic E-state index is 12.1. The van der Waals surface area contributed by atoms with E-state index < -0.39 is 0 Å². The van der Waals surface area contributed by atoms with E-state index in [1.54, 1.807) is 0 Å². The summed E-state index contributed by atoms with van der Waals surface area (Å²) in [6, 6.07) is 24.8. The van der Waals surface area contributed by atoms with Crippen LogP contribution in [-0.4, -0.2) is 19.1 Å². The molecule has 0 fully saturated rings. The van der Waals surface area contributed by atoms with Gasteiger partial charge in [-0.25, -0.2) is 0 Å². The van der Waals surface area contributed by atoms with E-state index in [1.807, 2.05) is 85.8 Å². The van der Waals surface area contributed by atoms with Crippen LogP contribution in [0.5, 0.6) is 11.5 Å². The van der Waals surface area contributed by atoms with E-state index in [1.165, 1.54) is 0 Å². The van der Waals surface area contributed by atoms with Crippen molar-refractivity contribution in [3.8, 4) is 11.5 Å². The molecule has 0 spiro atoms. The van der Waals surface area contributed by atoms with Crippen molar-refractivity contribution < 1.29 is 14.3 Å². The number of hydrogen-bond donors (Lipinski definition) is 2. The predicted molar refractivity (Wildman–Crippen MR) is 113 cm³/mol. The molecule has 0 heterocycles. The molecule has 1 amide bonds. The Hall–Kier alpha value is -3.47. The monoisotopic (exact) mass is 376 g/mol. The molecular formula is C23H24N2O3. The summed E-state index contributed by atoms with van der Waals surface area (Å²) in [4.78, 5) is 12.1. The molecule has 0 aliphatic heterocycles. The van der Waals surface area contributed by atoms with Crippen LogP contribution in [0.3, 0.4) is 0 Å². The first-order valence-corrected chi connectivity index (χ1v) is 9.31. The van der Waals surface area contributed by atoms with Gasteiger partial charge in [0.1, 0.15) is 11.5 Å². The first-order valence-electron chi connectivity index (χ1n) is 9.31. The Kier molecular flexibility index (Phi) is 6.90. The van der Waals surface area contributed by atoms with Gasteiger partial charge < -0.3 is 20.1 Å². The highest BCUT2D eigenvalue weighted by atomic mass is 16.5. The third-order valence-corrected chi connectivity index (χ3v) is 3.98. The summed E-state index contributed by atoms with van der Waals surface area (Å²) < 4.78 is 11.2. The molecule has 0 aliphatic carbocycles. The maximum Gasteiger partial charge on any atom is 0.227 e. The van der Waals surface area contributed by atoms with Gasteiger partial charge in [0.2, 0.25) is 5.91 Å². The maximum absolute atomic E-state index is 12.1. The number of ether oxygens (including phenoxy) is 2. The highest BCUT2D eigenvalue weighted by Crippen LogP contribution is 2.27. The predicted octanol–water partition coefficient (Wildman–Crippen LogP) is 5.24. The number of amides is 1. The average molecular weight is 376 g/mol. The molecule has 5 nitrogen and oxygen atoms in total. The molecule has 28 heavy (non-hydrogen) atoms. The molecule has 0 unspecified atom stereocenters. The van der Waals surface area contributed by atoms with E-state index in [4.69, 9.17) is 9.47 Å². The summed E-state index contributed by atoms with van der Waals surface area (Å²) in [6.07, 6.45) is 0.288. The van der Waals surface area contributed by atoms with Crippen LogP contribution in [0, 0.1) is 0 Å². The number of anilines is 3. The third-order valence-electron chi connectivity index (χ3n) is 3.98. The minimum Gasteiger partial charge on any atom is -0.493 e. The van der Waals surface area contributed by atoms with Gasteiger partial charge in [0.25, 0.3) is 0 Å². The number of rotatable bonds is 9. The summed E-state index contributed by atoms with van der Waals surface area (Å²) in [5.41, 5.74) is 2.56. The average Bonchev–Trinajstić information content (AvgIpc) is 2.72. The van der Waals surface area contributed by atoms with Crippen molar-refractivity contribution in [2.45, 2.75) is 13.3 Å². The van der Waals surface area contributed by atoms with Gasteiger partial charge in [-0.2, -0.15) is 0 Å². The summed E-state index contributed by atoms with van der Waals surface area (Å²) in [5.74, 6) is 1.48. The van der Waals surface area contributed by atoms with Gasteiger partial charge >= 0.3 is 0 Å². The second kappa shape index (κ2) is 10.0. The van der Waals surface area contributed by atoms with Gasteiger partial charge in [0.15, 0.2) is 0 Å². The largest absolute Gasteiger partial charge is 0.493 e. The Labute approximate surface area is 165 Å². The molecule has 3 rings (SSSR count). The highest BCUT2D eigenvalue weighted by molar-refractivity contribution is 5.91. The summed E-state index contributed by atoms with van der Waals surface area (Å²) in [7, 11) is 0. The molecule has 3 aromatic carbocycles. The number of hydrogen-bond acceptors (Lipinski definition) is 4. The van der Waals surface area contributed by atoms with Crippen molar-refractivity contribution in [2.75, 3.05) is 23.8 Å². The molecule has 2 N–H and O–H groups in total. The molecule has 5 heteroatoms. The number of nitrogens with one attached hydrogen (secondary N) is 2. The first-order chi connectivity index (χ1) is 13.7. The number of para-hydroxylation sites is 3. The SMILES string of the molecule is CCOc1ccccc1Nc1ccc(NC(=O)CCOc2ccccc2)cc1. The summed E-state index contributed by atoms with van der Waals surface area (Å²) in [6.45, 7) is 2.90. The molecule has 144 valence electrons. The van der Waals surface area contributed by atoms with Gasteiger partial charge in [0.05, 0.1) is 25.3 Å². The zero-order valence-electron chi connectivity index (χ0n) is 15.9. The molecule has 0 aliphatic rings. The minimum atomic E-state index is -0.0849. The molecule has 0 aromatic heterocycles. The lowest BCUT2D eigenvalue weighted by atomic mass is 10.2.